The molecule has 1 saturated heterocycles. The van der Waals surface area contributed by atoms with Gasteiger partial charge in [0.15, 0.2) is 6.29 Å². The minimum Gasteiger partial charge on any atom is -0.388 e. The predicted molar refractivity (Wildman–Crippen MR) is 51.8 cm³/mol. The Hall–Kier alpha value is -0.900. The fraction of sp³-hybridized carbons (Fsp3) is 0.455. The van der Waals surface area contributed by atoms with Crippen LogP contribution in [0, 0.1) is 0 Å². The van der Waals surface area contributed by atoms with E-state index in [4.69, 9.17) is 14.6 Å². The molecule has 2 rings (SSSR count). The highest BCUT2D eigenvalue weighted by atomic mass is 16.7. The van der Waals surface area contributed by atoms with Gasteiger partial charge < -0.3 is 14.6 Å². The number of benzene rings is 1. The summed E-state index contributed by atoms with van der Waals surface area (Å²) in [7, 11) is 0. The van der Waals surface area contributed by atoms with Crippen LogP contribution in [0.2, 0.25) is 0 Å². The van der Waals surface area contributed by atoms with Crippen LogP contribution in [-0.4, -0.2) is 30.7 Å². The van der Waals surface area contributed by atoms with Crippen LogP contribution in [0.5, 0.6) is 0 Å². The highest BCUT2D eigenvalue weighted by Gasteiger charge is 2.20. The van der Waals surface area contributed by atoms with Gasteiger partial charge in [0.25, 0.3) is 0 Å². The Morgan fingerprint density at radius 2 is 1.79 bits per heavy atom. The largest absolute Gasteiger partial charge is 0.388 e. The Labute approximate surface area is 83.3 Å². The fourth-order valence-corrected chi connectivity index (χ4v) is 1.46. The number of hydrogen-bond acceptors (Lipinski definition) is 3. The lowest BCUT2D eigenvalue weighted by atomic mass is 10.1. The number of rotatable bonds is 2. The van der Waals surface area contributed by atoms with Gasteiger partial charge in [-0.3, -0.25) is 0 Å². The first-order chi connectivity index (χ1) is 6.84. The van der Waals surface area contributed by atoms with E-state index in [1.807, 2.05) is 30.3 Å². The third kappa shape index (κ3) is 2.54. The van der Waals surface area contributed by atoms with Crippen LogP contribution in [0.25, 0.3) is 0 Å². The average molecular weight is 194 g/mol. The molecule has 1 fully saturated rings. The van der Waals surface area contributed by atoms with Crippen LogP contribution in [0.1, 0.15) is 5.56 Å². The number of aliphatic hydroxyl groups excluding tert-OH is 1. The van der Waals surface area contributed by atoms with Gasteiger partial charge >= 0.3 is 0 Å². The summed E-state index contributed by atoms with van der Waals surface area (Å²) >= 11 is 0. The van der Waals surface area contributed by atoms with Crippen LogP contribution >= 0.6 is 0 Å². The lowest BCUT2D eigenvalue weighted by molar-refractivity contribution is -0.214. The van der Waals surface area contributed by atoms with Gasteiger partial charge in [0.2, 0.25) is 0 Å². The number of ether oxygens (including phenoxy) is 2. The lowest BCUT2D eigenvalue weighted by Crippen LogP contribution is -2.36. The zero-order valence-corrected chi connectivity index (χ0v) is 7.93. The third-order valence-electron chi connectivity index (χ3n) is 2.19. The molecule has 0 saturated carbocycles. The standard InChI is InChI=1S/C11H14O3/c12-10-7-13-11(14-8-10)6-9-4-2-1-3-5-9/h1-5,10-12H,6-8H2. The smallest absolute Gasteiger partial charge is 0.161 e. The molecular weight excluding hydrogens is 180 g/mol. The molecule has 0 aliphatic carbocycles. The quantitative estimate of drug-likeness (QED) is 0.762. The van der Waals surface area contributed by atoms with Crippen molar-refractivity contribution in [1.82, 2.24) is 0 Å². The zero-order valence-electron chi connectivity index (χ0n) is 7.93. The first-order valence-corrected chi connectivity index (χ1v) is 4.80. The Morgan fingerprint density at radius 3 is 2.43 bits per heavy atom. The first kappa shape index (κ1) is 9.65. The second-order valence-electron chi connectivity index (χ2n) is 3.44. The zero-order chi connectivity index (χ0) is 9.80. The fourth-order valence-electron chi connectivity index (χ4n) is 1.46. The maximum Gasteiger partial charge on any atom is 0.161 e. The molecule has 0 amide bonds. The number of aliphatic hydroxyl groups is 1. The Balaban J connectivity index is 1.87. The van der Waals surface area contributed by atoms with Crippen LogP contribution < -0.4 is 0 Å². The molecule has 3 heteroatoms. The first-order valence-electron chi connectivity index (χ1n) is 4.80. The van der Waals surface area contributed by atoms with Crippen LogP contribution in [0.4, 0.5) is 0 Å². The molecule has 1 aromatic carbocycles. The van der Waals surface area contributed by atoms with E-state index >= 15 is 0 Å². The molecule has 0 spiro atoms. The maximum absolute atomic E-state index is 9.14. The van der Waals surface area contributed by atoms with Gasteiger partial charge in [-0.1, -0.05) is 30.3 Å². The van der Waals surface area contributed by atoms with Crippen molar-refractivity contribution in [2.24, 2.45) is 0 Å². The van der Waals surface area contributed by atoms with Crippen LogP contribution in [-0.2, 0) is 15.9 Å². The van der Waals surface area contributed by atoms with E-state index < -0.39 is 6.10 Å². The summed E-state index contributed by atoms with van der Waals surface area (Å²) in [4.78, 5) is 0. The van der Waals surface area contributed by atoms with E-state index in [-0.39, 0.29) is 6.29 Å². The molecule has 3 nitrogen and oxygen atoms in total. The van der Waals surface area contributed by atoms with Crippen LogP contribution in [0.15, 0.2) is 30.3 Å². The van der Waals surface area contributed by atoms with Crippen molar-refractivity contribution in [2.45, 2.75) is 18.8 Å². The molecule has 0 aromatic heterocycles. The summed E-state index contributed by atoms with van der Waals surface area (Å²) in [5.74, 6) is 0. The molecule has 1 aromatic rings. The molecule has 0 bridgehead atoms. The summed E-state index contributed by atoms with van der Waals surface area (Å²) in [6, 6.07) is 10.0. The van der Waals surface area contributed by atoms with Crippen molar-refractivity contribution in [1.29, 1.82) is 0 Å². The van der Waals surface area contributed by atoms with Gasteiger partial charge in [0.1, 0.15) is 6.10 Å². The lowest BCUT2D eigenvalue weighted by Gasteiger charge is -2.26. The average Bonchev–Trinajstić information content (AvgIpc) is 2.23. The topological polar surface area (TPSA) is 38.7 Å². The van der Waals surface area contributed by atoms with Crippen molar-refractivity contribution in [3.63, 3.8) is 0 Å². The highest BCUT2D eigenvalue weighted by molar-refractivity contribution is 5.15. The van der Waals surface area contributed by atoms with E-state index in [2.05, 4.69) is 0 Å². The molecule has 0 unspecified atom stereocenters. The van der Waals surface area contributed by atoms with E-state index in [9.17, 15) is 0 Å². The van der Waals surface area contributed by atoms with E-state index in [0.717, 1.165) is 6.42 Å². The van der Waals surface area contributed by atoms with Crippen molar-refractivity contribution < 1.29 is 14.6 Å². The molecule has 0 atom stereocenters. The molecular formula is C11H14O3. The summed E-state index contributed by atoms with van der Waals surface area (Å²) in [5.41, 5.74) is 1.19. The summed E-state index contributed by atoms with van der Waals surface area (Å²) in [6.45, 7) is 0.745. The van der Waals surface area contributed by atoms with Crippen molar-refractivity contribution in [3.8, 4) is 0 Å². The summed E-state index contributed by atoms with van der Waals surface area (Å²) in [6.07, 6.45) is 0.0657. The minimum absolute atomic E-state index is 0.208. The van der Waals surface area contributed by atoms with Gasteiger partial charge in [-0.05, 0) is 5.56 Å². The minimum atomic E-state index is -0.470. The van der Waals surface area contributed by atoms with Gasteiger partial charge in [0, 0.05) is 6.42 Å². The van der Waals surface area contributed by atoms with Crippen molar-refractivity contribution in [2.75, 3.05) is 13.2 Å². The van der Waals surface area contributed by atoms with Gasteiger partial charge in [-0.15, -0.1) is 0 Å². The summed E-state index contributed by atoms with van der Waals surface area (Å²) < 4.78 is 10.6. The van der Waals surface area contributed by atoms with Crippen molar-refractivity contribution >= 4 is 0 Å². The monoisotopic (exact) mass is 194 g/mol. The molecule has 76 valence electrons. The van der Waals surface area contributed by atoms with Crippen molar-refractivity contribution in [3.05, 3.63) is 35.9 Å². The number of hydrogen-bond donors (Lipinski definition) is 1. The second-order valence-corrected chi connectivity index (χ2v) is 3.44. The SMILES string of the molecule is OC1COC(Cc2ccccc2)OC1. The Bertz CT molecular complexity index is 265. The van der Waals surface area contributed by atoms with E-state index in [0.29, 0.717) is 13.2 Å². The molecule has 0 radical (unpaired) electrons. The van der Waals surface area contributed by atoms with E-state index in [1.54, 1.807) is 0 Å². The second kappa shape index (κ2) is 4.55. The van der Waals surface area contributed by atoms with Gasteiger partial charge in [0.05, 0.1) is 13.2 Å². The van der Waals surface area contributed by atoms with E-state index in [1.165, 1.54) is 5.56 Å². The Kier molecular flexibility index (Phi) is 3.14. The third-order valence-corrected chi connectivity index (χ3v) is 2.19. The highest BCUT2D eigenvalue weighted by Crippen LogP contribution is 2.11. The maximum atomic E-state index is 9.14. The predicted octanol–water partition coefficient (Wildman–Crippen LogP) is 0.963. The van der Waals surface area contributed by atoms with Crippen LogP contribution in [0.3, 0.4) is 0 Å². The molecule has 14 heavy (non-hydrogen) atoms. The molecule has 1 heterocycles. The molecule has 1 aliphatic heterocycles. The van der Waals surface area contributed by atoms with Gasteiger partial charge in [-0.25, -0.2) is 0 Å². The summed E-state index contributed by atoms with van der Waals surface area (Å²) in [5, 5.41) is 9.14. The molecule has 1 N–H and O–H groups in total. The van der Waals surface area contributed by atoms with Gasteiger partial charge in [-0.2, -0.15) is 0 Å². The molecule has 1 aliphatic rings. The Morgan fingerprint density at radius 1 is 1.14 bits per heavy atom. The normalized spacial score (nSPS) is 27.5.